The van der Waals surface area contributed by atoms with Crippen molar-refractivity contribution >= 4 is 17.4 Å². The molecule has 0 unspecified atom stereocenters. The third-order valence-corrected chi connectivity index (χ3v) is 3.31. The van der Waals surface area contributed by atoms with Gasteiger partial charge in [0, 0.05) is 6.42 Å². The van der Waals surface area contributed by atoms with Crippen LogP contribution in [0.5, 0.6) is 0 Å². The number of aromatic nitrogens is 1. The van der Waals surface area contributed by atoms with Crippen molar-refractivity contribution in [2.45, 2.75) is 25.7 Å². The summed E-state index contributed by atoms with van der Waals surface area (Å²) in [7, 11) is 0. The monoisotopic (exact) mass is 248 g/mol. The maximum absolute atomic E-state index is 11.8. The fourth-order valence-electron chi connectivity index (χ4n) is 2.21. The molecule has 2 rings (SSSR count). The SMILES string of the molecule is Nc1ccc(NC(=O)CCC2CCNCC2)cn1. The Kier molecular flexibility index (Phi) is 4.52. The zero-order valence-corrected chi connectivity index (χ0v) is 10.5. The summed E-state index contributed by atoms with van der Waals surface area (Å²) in [5, 5.41) is 6.16. The highest BCUT2D eigenvalue weighted by molar-refractivity contribution is 5.90. The molecule has 0 saturated carbocycles. The minimum absolute atomic E-state index is 0.0557. The predicted octanol–water partition coefficient (Wildman–Crippen LogP) is 1.38. The molecule has 98 valence electrons. The number of hydrogen-bond donors (Lipinski definition) is 3. The van der Waals surface area contributed by atoms with Crippen LogP contribution in [0, 0.1) is 5.92 Å². The van der Waals surface area contributed by atoms with Crippen LogP contribution >= 0.6 is 0 Å². The van der Waals surface area contributed by atoms with Crippen LogP contribution in [0.15, 0.2) is 18.3 Å². The summed E-state index contributed by atoms with van der Waals surface area (Å²) >= 11 is 0. The Morgan fingerprint density at radius 1 is 1.44 bits per heavy atom. The molecule has 1 fully saturated rings. The van der Waals surface area contributed by atoms with Crippen molar-refractivity contribution in [2.24, 2.45) is 5.92 Å². The third-order valence-electron chi connectivity index (χ3n) is 3.31. The van der Waals surface area contributed by atoms with Crippen LogP contribution in [0.1, 0.15) is 25.7 Å². The zero-order valence-electron chi connectivity index (χ0n) is 10.5. The quantitative estimate of drug-likeness (QED) is 0.752. The number of hydrogen-bond acceptors (Lipinski definition) is 4. The first-order valence-electron chi connectivity index (χ1n) is 6.46. The molecule has 5 heteroatoms. The van der Waals surface area contributed by atoms with Gasteiger partial charge < -0.3 is 16.4 Å². The number of anilines is 2. The van der Waals surface area contributed by atoms with Gasteiger partial charge >= 0.3 is 0 Å². The summed E-state index contributed by atoms with van der Waals surface area (Å²) in [5.41, 5.74) is 6.19. The van der Waals surface area contributed by atoms with E-state index in [1.54, 1.807) is 18.3 Å². The topological polar surface area (TPSA) is 80.0 Å². The van der Waals surface area contributed by atoms with E-state index in [1.807, 2.05) is 0 Å². The van der Waals surface area contributed by atoms with Crippen molar-refractivity contribution < 1.29 is 4.79 Å². The van der Waals surface area contributed by atoms with E-state index in [-0.39, 0.29) is 5.91 Å². The van der Waals surface area contributed by atoms with Crippen molar-refractivity contribution in [1.29, 1.82) is 0 Å². The number of carbonyl (C=O) groups excluding carboxylic acids is 1. The average Bonchev–Trinajstić information content (AvgIpc) is 2.40. The van der Waals surface area contributed by atoms with Crippen LogP contribution in [0.4, 0.5) is 11.5 Å². The normalized spacial score (nSPS) is 16.4. The van der Waals surface area contributed by atoms with E-state index in [1.165, 1.54) is 12.8 Å². The number of rotatable bonds is 4. The number of nitrogens with two attached hydrogens (primary N) is 1. The molecule has 2 heterocycles. The summed E-state index contributed by atoms with van der Waals surface area (Å²) in [6, 6.07) is 3.45. The summed E-state index contributed by atoms with van der Waals surface area (Å²) in [6.07, 6.45) is 5.48. The second kappa shape index (κ2) is 6.35. The molecule has 18 heavy (non-hydrogen) atoms. The van der Waals surface area contributed by atoms with Gasteiger partial charge in [-0.1, -0.05) is 0 Å². The largest absolute Gasteiger partial charge is 0.384 e. The first-order valence-corrected chi connectivity index (χ1v) is 6.46. The van der Waals surface area contributed by atoms with Gasteiger partial charge in [0.25, 0.3) is 0 Å². The molecule has 1 saturated heterocycles. The van der Waals surface area contributed by atoms with Crippen molar-refractivity contribution in [3.8, 4) is 0 Å². The summed E-state index contributed by atoms with van der Waals surface area (Å²) < 4.78 is 0. The van der Waals surface area contributed by atoms with Crippen LogP contribution in [0.2, 0.25) is 0 Å². The molecule has 1 aliphatic heterocycles. The lowest BCUT2D eigenvalue weighted by Gasteiger charge is -2.22. The third kappa shape index (κ3) is 4.00. The fourth-order valence-corrected chi connectivity index (χ4v) is 2.21. The number of nitrogen functional groups attached to an aromatic ring is 1. The Balaban J connectivity index is 1.73. The molecule has 1 aromatic rings. The van der Waals surface area contributed by atoms with E-state index >= 15 is 0 Å². The van der Waals surface area contributed by atoms with Crippen LogP contribution in [0.3, 0.4) is 0 Å². The maximum atomic E-state index is 11.8. The Bertz CT molecular complexity index is 384. The second-order valence-corrected chi connectivity index (χ2v) is 4.75. The Morgan fingerprint density at radius 3 is 2.89 bits per heavy atom. The first-order chi connectivity index (χ1) is 8.74. The minimum Gasteiger partial charge on any atom is -0.384 e. The van der Waals surface area contributed by atoms with Crippen molar-refractivity contribution in [2.75, 3.05) is 24.1 Å². The highest BCUT2D eigenvalue weighted by atomic mass is 16.1. The number of pyridine rings is 1. The summed E-state index contributed by atoms with van der Waals surface area (Å²) in [6.45, 7) is 2.16. The fraction of sp³-hybridized carbons (Fsp3) is 0.538. The van der Waals surface area contributed by atoms with E-state index in [0.717, 1.165) is 19.5 Å². The molecular weight excluding hydrogens is 228 g/mol. The molecule has 0 radical (unpaired) electrons. The molecule has 4 N–H and O–H groups in total. The second-order valence-electron chi connectivity index (χ2n) is 4.75. The van der Waals surface area contributed by atoms with E-state index in [0.29, 0.717) is 23.8 Å². The smallest absolute Gasteiger partial charge is 0.224 e. The zero-order chi connectivity index (χ0) is 12.8. The first kappa shape index (κ1) is 12.8. The maximum Gasteiger partial charge on any atom is 0.224 e. The predicted molar refractivity (Wildman–Crippen MR) is 72.1 cm³/mol. The Labute approximate surface area is 107 Å². The lowest BCUT2D eigenvalue weighted by atomic mass is 9.93. The van der Waals surface area contributed by atoms with Crippen LogP contribution in [-0.2, 0) is 4.79 Å². The highest BCUT2D eigenvalue weighted by Crippen LogP contribution is 2.18. The van der Waals surface area contributed by atoms with Gasteiger partial charge in [-0.25, -0.2) is 4.98 Å². The Morgan fingerprint density at radius 2 is 2.22 bits per heavy atom. The van der Waals surface area contributed by atoms with E-state index in [2.05, 4.69) is 15.6 Å². The molecule has 0 aliphatic carbocycles. The molecule has 0 bridgehead atoms. The van der Waals surface area contributed by atoms with Gasteiger partial charge in [0.05, 0.1) is 11.9 Å². The molecule has 0 atom stereocenters. The van der Waals surface area contributed by atoms with Gasteiger partial charge in [-0.3, -0.25) is 4.79 Å². The standard InChI is InChI=1S/C13H20N4O/c14-12-3-2-11(9-16-12)17-13(18)4-1-10-5-7-15-8-6-10/h2-3,9-10,15H,1,4-8H2,(H2,14,16)(H,17,18). The lowest BCUT2D eigenvalue weighted by molar-refractivity contribution is -0.116. The van der Waals surface area contributed by atoms with E-state index in [4.69, 9.17) is 5.73 Å². The summed E-state index contributed by atoms with van der Waals surface area (Å²) in [4.78, 5) is 15.7. The molecule has 0 aromatic carbocycles. The van der Waals surface area contributed by atoms with Gasteiger partial charge in [0.15, 0.2) is 0 Å². The molecule has 1 amide bonds. The van der Waals surface area contributed by atoms with Gasteiger partial charge in [-0.15, -0.1) is 0 Å². The van der Waals surface area contributed by atoms with Gasteiger partial charge in [0.2, 0.25) is 5.91 Å². The van der Waals surface area contributed by atoms with Crippen LogP contribution in [0.25, 0.3) is 0 Å². The number of piperidine rings is 1. The van der Waals surface area contributed by atoms with Crippen LogP contribution in [-0.4, -0.2) is 24.0 Å². The van der Waals surface area contributed by atoms with Crippen molar-refractivity contribution in [1.82, 2.24) is 10.3 Å². The molecular formula is C13H20N4O. The van der Waals surface area contributed by atoms with E-state index in [9.17, 15) is 4.79 Å². The minimum atomic E-state index is 0.0557. The van der Waals surface area contributed by atoms with Gasteiger partial charge in [-0.2, -0.15) is 0 Å². The number of nitrogens with one attached hydrogen (secondary N) is 2. The van der Waals surface area contributed by atoms with E-state index < -0.39 is 0 Å². The summed E-state index contributed by atoms with van der Waals surface area (Å²) in [5.74, 6) is 1.20. The molecule has 0 spiro atoms. The number of nitrogens with zero attached hydrogens (tertiary/aromatic N) is 1. The van der Waals surface area contributed by atoms with Crippen molar-refractivity contribution in [3.63, 3.8) is 0 Å². The molecule has 1 aliphatic rings. The Hall–Kier alpha value is -1.62. The van der Waals surface area contributed by atoms with Crippen LogP contribution < -0.4 is 16.4 Å². The van der Waals surface area contributed by atoms with Gasteiger partial charge in [-0.05, 0) is 50.4 Å². The molecule has 5 nitrogen and oxygen atoms in total. The highest BCUT2D eigenvalue weighted by Gasteiger charge is 2.14. The average molecular weight is 248 g/mol. The molecule has 1 aromatic heterocycles. The lowest BCUT2D eigenvalue weighted by Crippen LogP contribution is -2.28. The number of carbonyl (C=O) groups is 1. The number of amides is 1. The van der Waals surface area contributed by atoms with Crippen molar-refractivity contribution in [3.05, 3.63) is 18.3 Å². The van der Waals surface area contributed by atoms with Gasteiger partial charge in [0.1, 0.15) is 5.82 Å².